The molecule has 0 bridgehead atoms. The first-order valence-electron chi connectivity index (χ1n) is 20.9. The van der Waals surface area contributed by atoms with Crippen LogP contribution in [0, 0.1) is 0 Å². The van der Waals surface area contributed by atoms with Crippen LogP contribution in [-0.4, -0.2) is 13.6 Å². The summed E-state index contributed by atoms with van der Waals surface area (Å²) >= 11 is 0. The molecule has 4 aliphatic heterocycles. The monoisotopic (exact) mass is 722 g/mol. The van der Waals surface area contributed by atoms with Crippen LogP contribution in [0.2, 0.25) is 0 Å². The minimum atomic E-state index is 0.0570. The topological polar surface area (TPSA) is 6.48 Å². The second-order valence-corrected chi connectivity index (χ2v) is 18.1. The van der Waals surface area contributed by atoms with Crippen molar-refractivity contribution in [2.75, 3.05) is 9.71 Å². The van der Waals surface area contributed by atoms with Crippen LogP contribution in [0.5, 0.6) is 0 Å². The summed E-state index contributed by atoms with van der Waals surface area (Å²) in [6.45, 7) is 18.8. The smallest absolute Gasteiger partial charge is 0.329 e. The van der Waals surface area contributed by atoms with Crippen LogP contribution in [0.3, 0.4) is 0 Å². The normalized spacial score (nSPS) is 14.2. The fourth-order valence-corrected chi connectivity index (χ4v) is 10.6. The molecule has 0 radical (unpaired) electrons. The summed E-state index contributed by atoms with van der Waals surface area (Å²) < 4.78 is 0. The third-order valence-corrected chi connectivity index (χ3v) is 13.5. The zero-order chi connectivity index (χ0) is 38.3. The zero-order valence-electron chi connectivity index (χ0n) is 33.9. The average molecular weight is 723 g/mol. The number of hydrogen-bond donors (Lipinski definition) is 0. The lowest BCUT2D eigenvalue weighted by Crippen LogP contribution is -2.69. The van der Waals surface area contributed by atoms with Gasteiger partial charge in [-0.05, 0) is 125 Å². The largest absolute Gasteiger partial charge is 0.377 e. The number of fused-ring (bicyclic) bond motifs is 11. The highest BCUT2D eigenvalue weighted by molar-refractivity contribution is 7.03. The van der Waals surface area contributed by atoms with Crippen LogP contribution < -0.4 is 37.0 Å². The Morgan fingerprint density at radius 3 is 1.80 bits per heavy atom. The SMILES string of the molecule is CC(C)c1ccc(N2c3ccc(C(C)C)cc3B3c4cc(C(C)C)cc5c4N4B(c6cc(C(C)C)ccc6-c6ccc2c3c64)c2ccc3ccccc3c2-5)cc1. The summed E-state index contributed by atoms with van der Waals surface area (Å²) in [7, 11) is 0. The molecule has 0 aliphatic carbocycles. The van der Waals surface area contributed by atoms with Crippen molar-refractivity contribution in [2.24, 2.45) is 0 Å². The van der Waals surface area contributed by atoms with E-state index in [0.29, 0.717) is 23.7 Å². The van der Waals surface area contributed by atoms with Gasteiger partial charge in [0.15, 0.2) is 0 Å². The van der Waals surface area contributed by atoms with Crippen LogP contribution in [0.4, 0.5) is 28.4 Å². The number of anilines is 5. The van der Waals surface area contributed by atoms with Crippen LogP contribution >= 0.6 is 0 Å². The van der Waals surface area contributed by atoms with Gasteiger partial charge in [-0.25, -0.2) is 0 Å². The van der Waals surface area contributed by atoms with Crippen molar-refractivity contribution in [1.82, 2.24) is 0 Å². The molecule has 0 saturated heterocycles. The molecule has 0 spiro atoms. The fourth-order valence-electron chi connectivity index (χ4n) is 10.6. The maximum Gasteiger partial charge on any atom is 0.329 e. The van der Waals surface area contributed by atoms with E-state index in [1.165, 1.54) is 111 Å². The van der Waals surface area contributed by atoms with Crippen LogP contribution in [0.25, 0.3) is 33.0 Å². The Balaban J connectivity index is 1.32. The summed E-state index contributed by atoms with van der Waals surface area (Å²) in [5.74, 6) is 1.73. The molecule has 7 aromatic carbocycles. The number of hydrogen-bond acceptors (Lipinski definition) is 2. The van der Waals surface area contributed by atoms with Gasteiger partial charge in [0.05, 0.1) is 0 Å². The van der Waals surface area contributed by atoms with Crippen molar-refractivity contribution in [3.8, 4) is 22.3 Å². The molecule has 0 fully saturated rings. The van der Waals surface area contributed by atoms with E-state index in [0.717, 1.165) is 0 Å². The molecular formula is C52H48B2N2. The van der Waals surface area contributed by atoms with E-state index in [9.17, 15) is 0 Å². The second-order valence-electron chi connectivity index (χ2n) is 18.1. The minimum absolute atomic E-state index is 0.0570. The highest BCUT2D eigenvalue weighted by atomic mass is 15.2. The van der Waals surface area contributed by atoms with E-state index >= 15 is 0 Å². The third kappa shape index (κ3) is 4.53. The van der Waals surface area contributed by atoms with Gasteiger partial charge in [0, 0.05) is 39.6 Å². The lowest BCUT2D eigenvalue weighted by molar-refractivity contribution is 0.866. The Kier molecular flexibility index (Phi) is 7.26. The van der Waals surface area contributed by atoms with Gasteiger partial charge >= 0.3 is 6.85 Å². The lowest BCUT2D eigenvalue weighted by Gasteiger charge is -2.52. The van der Waals surface area contributed by atoms with Crippen molar-refractivity contribution >= 4 is 80.1 Å². The van der Waals surface area contributed by atoms with E-state index < -0.39 is 0 Å². The van der Waals surface area contributed by atoms with Gasteiger partial charge in [-0.2, -0.15) is 0 Å². The molecule has 0 unspecified atom stereocenters. The average Bonchev–Trinajstić information content (AvgIpc) is 3.21. The van der Waals surface area contributed by atoms with Crippen molar-refractivity contribution in [2.45, 2.75) is 79.1 Å². The van der Waals surface area contributed by atoms with Crippen molar-refractivity contribution in [1.29, 1.82) is 0 Å². The summed E-state index contributed by atoms with van der Waals surface area (Å²) in [6, 6.07) is 48.0. The first kappa shape index (κ1) is 33.8. The van der Waals surface area contributed by atoms with E-state index in [1.807, 2.05) is 0 Å². The fraction of sp³-hybridized carbons (Fsp3) is 0.231. The highest BCUT2D eigenvalue weighted by Crippen LogP contribution is 2.52. The molecule has 2 nitrogen and oxygen atoms in total. The van der Waals surface area contributed by atoms with Crippen molar-refractivity contribution < 1.29 is 0 Å². The maximum atomic E-state index is 2.81. The Morgan fingerprint density at radius 2 is 1.07 bits per heavy atom. The molecule has 4 heterocycles. The summed E-state index contributed by atoms with van der Waals surface area (Å²) in [6.07, 6.45) is 0. The Hall–Kier alpha value is -5.47. The molecule has 11 rings (SSSR count). The van der Waals surface area contributed by atoms with Gasteiger partial charge in [-0.1, -0.05) is 146 Å². The molecule has 4 heteroatoms. The lowest BCUT2D eigenvalue weighted by atomic mass is 9.30. The Labute approximate surface area is 333 Å². The second kappa shape index (κ2) is 12.0. The molecule has 56 heavy (non-hydrogen) atoms. The Bertz CT molecular complexity index is 2790. The summed E-state index contributed by atoms with van der Waals surface area (Å²) in [5.41, 5.74) is 24.8. The maximum absolute atomic E-state index is 2.81. The zero-order valence-corrected chi connectivity index (χ0v) is 33.9. The van der Waals surface area contributed by atoms with Gasteiger partial charge in [0.1, 0.15) is 0 Å². The van der Waals surface area contributed by atoms with Crippen molar-refractivity contribution in [3.05, 3.63) is 144 Å². The van der Waals surface area contributed by atoms with E-state index in [4.69, 9.17) is 0 Å². The van der Waals surface area contributed by atoms with Gasteiger partial charge in [0.2, 0.25) is 0 Å². The molecule has 0 atom stereocenters. The van der Waals surface area contributed by atoms with Crippen LogP contribution in [0.15, 0.2) is 121 Å². The van der Waals surface area contributed by atoms with Gasteiger partial charge < -0.3 is 9.71 Å². The van der Waals surface area contributed by atoms with Crippen molar-refractivity contribution in [3.63, 3.8) is 0 Å². The molecule has 0 amide bonds. The summed E-state index contributed by atoms with van der Waals surface area (Å²) in [5, 5.41) is 2.65. The number of benzene rings is 7. The quantitative estimate of drug-likeness (QED) is 0.163. The highest BCUT2D eigenvalue weighted by Gasteiger charge is 2.52. The molecule has 0 N–H and O–H groups in total. The standard InChI is InChI=1S/C52H48B2N2/c1-29(2)33-13-18-38(19-14-33)55-47-23-17-36(31(5)6)27-45(47)53-46-28-37(32(7)8)25-42-49-39-12-10-9-11-34(39)16-22-43(49)54-44-26-35(30(3)4)15-20-40(44)41-21-24-48(55)50(53)52(41)56(54)51(42)46/h9-32H,1-8H3. The minimum Gasteiger partial charge on any atom is -0.377 e. The number of rotatable bonds is 5. The first-order valence-corrected chi connectivity index (χ1v) is 20.9. The van der Waals surface area contributed by atoms with Crippen LogP contribution in [0.1, 0.15) is 101 Å². The first-order chi connectivity index (χ1) is 27.1. The molecule has 4 aliphatic rings. The predicted octanol–water partition coefficient (Wildman–Crippen LogP) is 10.9. The van der Waals surface area contributed by atoms with Gasteiger partial charge in [-0.15, -0.1) is 0 Å². The van der Waals surface area contributed by atoms with Crippen LogP contribution in [-0.2, 0) is 0 Å². The molecule has 7 aromatic rings. The predicted molar refractivity (Wildman–Crippen MR) is 244 cm³/mol. The van der Waals surface area contributed by atoms with E-state index in [2.05, 4.69) is 186 Å². The number of nitrogens with zero attached hydrogens (tertiary/aromatic N) is 2. The van der Waals surface area contributed by atoms with E-state index in [-0.39, 0.29) is 13.6 Å². The Morgan fingerprint density at radius 1 is 0.446 bits per heavy atom. The summed E-state index contributed by atoms with van der Waals surface area (Å²) in [4.78, 5) is 5.38. The molecular weight excluding hydrogens is 674 g/mol. The molecule has 0 aromatic heterocycles. The molecule has 272 valence electrons. The van der Waals surface area contributed by atoms with Gasteiger partial charge in [-0.3, -0.25) is 0 Å². The van der Waals surface area contributed by atoms with E-state index in [1.54, 1.807) is 0 Å². The van der Waals surface area contributed by atoms with Gasteiger partial charge in [0.25, 0.3) is 6.71 Å². The molecule has 0 saturated carbocycles. The third-order valence-electron chi connectivity index (χ3n) is 13.5.